The van der Waals surface area contributed by atoms with Crippen molar-refractivity contribution >= 4 is 0 Å². The van der Waals surface area contributed by atoms with Crippen LogP contribution >= 0.6 is 0 Å². The highest BCUT2D eigenvalue weighted by atomic mass is 15.2. The third-order valence-electron chi connectivity index (χ3n) is 2.93. The first-order chi connectivity index (χ1) is 6.27. The van der Waals surface area contributed by atoms with Crippen LogP contribution in [0.1, 0.15) is 32.6 Å². The molecule has 1 unspecified atom stereocenters. The van der Waals surface area contributed by atoms with Crippen molar-refractivity contribution in [3.8, 4) is 0 Å². The van der Waals surface area contributed by atoms with E-state index >= 15 is 0 Å². The SMILES string of the molecule is C=C(CCN)CC1CCCN1CC. The van der Waals surface area contributed by atoms with Crippen LogP contribution in [0, 0.1) is 0 Å². The molecule has 1 fully saturated rings. The van der Waals surface area contributed by atoms with Crippen LogP contribution in [0.2, 0.25) is 0 Å². The molecule has 1 heterocycles. The highest BCUT2D eigenvalue weighted by molar-refractivity contribution is 4.99. The first-order valence-corrected chi connectivity index (χ1v) is 5.38. The zero-order valence-electron chi connectivity index (χ0n) is 8.76. The van der Waals surface area contributed by atoms with Crippen molar-refractivity contribution in [2.45, 2.75) is 38.6 Å². The van der Waals surface area contributed by atoms with E-state index in [9.17, 15) is 0 Å². The summed E-state index contributed by atoms with van der Waals surface area (Å²) in [4.78, 5) is 2.56. The standard InChI is InChI=1S/C11H22N2/c1-3-13-8-4-5-11(13)9-10(2)6-7-12/h11H,2-9,12H2,1H3. The van der Waals surface area contributed by atoms with Gasteiger partial charge < -0.3 is 10.6 Å². The van der Waals surface area contributed by atoms with Gasteiger partial charge in [0.2, 0.25) is 0 Å². The maximum atomic E-state index is 5.50. The van der Waals surface area contributed by atoms with E-state index in [1.54, 1.807) is 0 Å². The molecule has 13 heavy (non-hydrogen) atoms. The van der Waals surface area contributed by atoms with Crippen molar-refractivity contribution in [2.75, 3.05) is 19.6 Å². The predicted octanol–water partition coefficient (Wildman–Crippen LogP) is 1.77. The Morgan fingerprint density at radius 1 is 1.62 bits per heavy atom. The van der Waals surface area contributed by atoms with Crippen molar-refractivity contribution in [1.29, 1.82) is 0 Å². The van der Waals surface area contributed by atoms with Crippen LogP contribution in [0.15, 0.2) is 12.2 Å². The topological polar surface area (TPSA) is 29.3 Å². The summed E-state index contributed by atoms with van der Waals surface area (Å²) in [5.74, 6) is 0. The molecule has 1 atom stereocenters. The lowest BCUT2D eigenvalue weighted by molar-refractivity contribution is 0.265. The van der Waals surface area contributed by atoms with Crippen LogP contribution in [-0.2, 0) is 0 Å². The monoisotopic (exact) mass is 182 g/mol. The summed E-state index contributed by atoms with van der Waals surface area (Å²) >= 11 is 0. The molecule has 0 aliphatic carbocycles. The molecule has 0 bridgehead atoms. The van der Waals surface area contributed by atoms with Gasteiger partial charge >= 0.3 is 0 Å². The molecule has 0 spiro atoms. The van der Waals surface area contributed by atoms with Crippen LogP contribution in [0.25, 0.3) is 0 Å². The van der Waals surface area contributed by atoms with Gasteiger partial charge in [-0.25, -0.2) is 0 Å². The van der Waals surface area contributed by atoms with Crippen molar-refractivity contribution in [2.24, 2.45) is 5.73 Å². The van der Waals surface area contributed by atoms with Crippen LogP contribution in [0.3, 0.4) is 0 Å². The molecule has 2 heteroatoms. The molecular formula is C11H22N2. The van der Waals surface area contributed by atoms with E-state index in [1.165, 1.54) is 31.5 Å². The minimum atomic E-state index is 0.748. The van der Waals surface area contributed by atoms with Gasteiger partial charge in [-0.3, -0.25) is 0 Å². The van der Waals surface area contributed by atoms with E-state index in [-0.39, 0.29) is 0 Å². The lowest BCUT2D eigenvalue weighted by Gasteiger charge is -2.23. The van der Waals surface area contributed by atoms with E-state index in [0.717, 1.165) is 25.4 Å². The molecule has 1 rings (SSSR count). The number of hydrogen-bond donors (Lipinski definition) is 1. The number of rotatable bonds is 5. The molecular weight excluding hydrogens is 160 g/mol. The molecule has 1 saturated heterocycles. The van der Waals surface area contributed by atoms with Gasteiger partial charge in [-0.2, -0.15) is 0 Å². The van der Waals surface area contributed by atoms with E-state index in [2.05, 4.69) is 18.4 Å². The average Bonchev–Trinajstić information content (AvgIpc) is 2.52. The minimum absolute atomic E-state index is 0.748. The molecule has 0 saturated carbocycles. The lowest BCUT2D eigenvalue weighted by atomic mass is 10.0. The van der Waals surface area contributed by atoms with Crippen LogP contribution < -0.4 is 5.73 Å². The average molecular weight is 182 g/mol. The Hall–Kier alpha value is -0.340. The summed E-state index contributed by atoms with van der Waals surface area (Å²) in [5, 5.41) is 0. The zero-order valence-corrected chi connectivity index (χ0v) is 8.76. The third-order valence-corrected chi connectivity index (χ3v) is 2.93. The van der Waals surface area contributed by atoms with Gasteiger partial charge in [0.1, 0.15) is 0 Å². The Balaban J connectivity index is 2.30. The fraction of sp³-hybridized carbons (Fsp3) is 0.818. The van der Waals surface area contributed by atoms with E-state index < -0.39 is 0 Å². The minimum Gasteiger partial charge on any atom is -0.330 e. The Kier molecular flexibility index (Phi) is 4.46. The van der Waals surface area contributed by atoms with Gasteiger partial charge in [0, 0.05) is 6.04 Å². The molecule has 0 amide bonds. The second-order valence-corrected chi connectivity index (χ2v) is 3.92. The molecule has 0 aromatic carbocycles. The molecule has 0 radical (unpaired) electrons. The quantitative estimate of drug-likeness (QED) is 0.657. The Bertz CT molecular complexity index is 165. The summed E-state index contributed by atoms with van der Waals surface area (Å²) in [7, 11) is 0. The summed E-state index contributed by atoms with van der Waals surface area (Å²) in [6.45, 7) is 9.51. The number of hydrogen-bond acceptors (Lipinski definition) is 2. The highest BCUT2D eigenvalue weighted by Gasteiger charge is 2.22. The third kappa shape index (κ3) is 3.12. The van der Waals surface area contributed by atoms with Gasteiger partial charge in [-0.15, -0.1) is 0 Å². The van der Waals surface area contributed by atoms with E-state index in [1.807, 2.05) is 0 Å². The largest absolute Gasteiger partial charge is 0.330 e. The fourth-order valence-electron chi connectivity index (χ4n) is 2.18. The normalized spacial score (nSPS) is 23.7. The molecule has 0 aromatic rings. The van der Waals surface area contributed by atoms with Crippen LogP contribution in [0.4, 0.5) is 0 Å². The zero-order chi connectivity index (χ0) is 9.68. The van der Waals surface area contributed by atoms with Crippen molar-refractivity contribution < 1.29 is 0 Å². The van der Waals surface area contributed by atoms with Crippen LogP contribution in [0.5, 0.6) is 0 Å². The maximum Gasteiger partial charge on any atom is 0.0133 e. The van der Waals surface area contributed by atoms with Gasteiger partial charge in [0.15, 0.2) is 0 Å². The number of nitrogens with two attached hydrogens (primary N) is 1. The summed E-state index contributed by atoms with van der Waals surface area (Å²) in [6, 6.07) is 0.754. The van der Waals surface area contributed by atoms with Crippen molar-refractivity contribution in [1.82, 2.24) is 4.90 Å². The van der Waals surface area contributed by atoms with Gasteiger partial charge in [0.25, 0.3) is 0 Å². The molecule has 0 aromatic heterocycles. The number of nitrogens with zero attached hydrogens (tertiary/aromatic N) is 1. The second kappa shape index (κ2) is 5.40. The fourth-order valence-corrected chi connectivity index (χ4v) is 2.18. The Labute approximate surface area is 81.8 Å². The molecule has 76 valence electrons. The lowest BCUT2D eigenvalue weighted by Crippen LogP contribution is -2.29. The molecule has 2 N–H and O–H groups in total. The summed E-state index contributed by atoms with van der Waals surface area (Å²) in [5.41, 5.74) is 6.82. The van der Waals surface area contributed by atoms with Crippen LogP contribution in [-0.4, -0.2) is 30.6 Å². The van der Waals surface area contributed by atoms with E-state index in [4.69, 9.17) is 5.73 Å². The highest BCUT2D eigenvalue weighted by Crippen LogP contribution is 2.22. The Morgan fingerprint density at radius 2 is 2.38 bits per heavy atom. The van der Waals surface area contributed by atoms with Gasteiger partial charge in [-0.05, 0) is 45.3 Å². The molecule has 1 aliphatic heterocycles. The van der Waals surface area contributed by atoms with Gasteiger partial charge in [0.05, 0.1) is 0 Å². The first-order valence-electron chi connectivity index (χ1n) is 5.38. The summed E-state index contributed by atoms with van der Waals surface area (Å²) < 4.78 is 0. The maximum absolute atomic E-state index is 5.50. The second-order valence-electron chi connectivity index (χ2n) is 3.92. The smallest absolute Gasteiger partial charge is 0.0133 e. The summed E-state index contributed by atoms with van der Waals surface area (Å²) in [6.07, 6.45) is 4.85. The van der Waals surface area contributed by atoms with Crippen molar-refractivity contribution in [3.05, 3.63) is 12.2 Å². The first kappa shape index (κ1) is 10.7. The molecule has 1 aliphatic rings. The molecule has 2 nitrogen and oxygen atoms in total. The predicted molar refractivity (Wildman–Crippen MR) is 57.7 cm³/mol. The van der Waals surface area contributed by atoms with E-state index in [0.29, 0.717) is 0 Å². The van der Waals surface area contributed by atoms with Crippen molar-refractivity contribution in [3.63, 3.8) is 0 Å². The Morgan fingerprint density at radius 3 is 3.00 bits per heavy atom. The van der Waals surface area contributed by atoms with Gasteiger partial charge in [-0.1, -0.05) is 19.1 Å². The number of likely N-dealkylation sites (tertiary alicyclic amines) is 1.